The number of ether oxygens (including phenoxy) is 2. The van der Waals surface area contributed by atoms with Crippen LogP contribution in [0.4, 0.5) is 10.1 Å². The molecule has 4 nitrogen and oxygen atoms in total. The first-order chi connectivity index (χ1) is 10.6. The fourth-order valence-electron chi connectivity index (χ4n) is 1.84. The molecule has 0 radical (unpaired) electrons. The Morgan fingerprint density at radius 2 is 1.73 bits per heavy atom. The number of nitrogens with one attached hydrogen (secondary N) is 1. The predicted octanol–water partition coefficient (Wildman–Crippen LogP) is 3.63. The van der Waals surface area contributed by atoms with Crippen LogP contribution in [0.5, 0.6) is 11.5 Å². The summed E-state index contributed by atoms with van der Waals surface area (Å²) in [5, 5.41) is 2.70. The van der Waals surface area contributed by atoms with Gasteiger partial charge >= 0.3 is 0 Å². The zero-order valence-corrected chi connectivity index (χ0v) is 12.3. The number of anilines is 1. The highest BCUT2D eigenvalue weighted by atomic mass is 19.1. The van der Waals surface area contributed by atoms with Gasteiger partial charge in [-0.3, -0.25) is 4.79 Å². The number of hydrogen-bond acceptors (Lipinski definition) is 3. The first kappa shape index (κ1) is 15.8. The first-order valence-electron chi connectivity index (χ1n) is 7.02. The van der Waals surface area contributed by atoms with E-state index in [1.54, 1.807) is 24.3 Å². The first-order valence-corrected chi connectivity index (χ1v) is 7.02. The van der Waals surface area contributed by atoms with Gasteiger partial charge in [-0.1, -0.05) is 6.07 Å². The van der Waals surface area contributed by atoms with E-state index in [1.165, 1.54) is 19.1 Å². The van der Waals surface area contributed by atoms with Crippen molar-refractivity contribution in [2.24, 2.45) is 0 Å². The van der Waals surface area contributed by atoms with E-state index in [1.807, 2.05) is 12.1 Å². The molecule has 0 spiro atoms. The summed E-state index contributed by atoms with van der Waals surface area (Å²) in [6, 6.07) is 13.1. The molecule has 2 rings (SSSR count). The number of carbonyl (C=O) groups excluding carboxylic acids is 1. The van der Waals surface area contributed by atoms with Crippen molar-refractivity contribution in [1.82, 2.24) is 0 Å². The summed E-state index contributed by atoms with van der Waals surface area (Å²) >= 11 is 0. The fraction of sp³-hybridized carbons (Fsp3) is 0.235. The van der Waals surface area contributed by atoms with E-state index in [0.29, 0.717) is 36.8 Å². The van der Waals surface area contributed by atoms with Crippen LogP contribution >= 0.6 is 0 Å². The molecule has 0 aromatic heterocycles. The van der Waals surface area contributed by atoms with Crippen molar-refractivity contribution in [2.45, 2.75) is 13.3 Å². The summed E-state index contributed by atoms with van der Waals surface area (Å²) in [6.07, 6.45) is 0.696. The maximum Gasteiger partial charge on any atom is 0.221 e. The van der Waals surface area contributed by atoms with Gasteiger partial charge in [0.1, 0.15) is 17.3 Å². The second-order valence-electron chi connectivity index (χ2n) is 4.71. The monoisotopic (exact) mass is 303 g/mol. The molecule has 22 heavy (non-hydrogen) atoms. The third-order valence-electron chi connectivity index (χ3n) is 2.79. The van der Waals surface area contributed by atoms with E-state index >= 15 is 0 Å². The Balaban J connectivity index is 1.70. The number of amides is 1. The van der Waals surface area contributed by atoms with E-state index in [-0.39, 0.29) is 11.7 Å². The van der Waals surface area contributed by atoms with Crippen molar-refractivity contribution in [2.75, 3.05) is 18.5 Å². The molecule has 0 bridgehead atoms. The molecule has 0 saturated carbocycles. The highest BCUT2D eigenvalue weighted by molar-refractivity contribution is 5.88. The van der Waals surface area contributed by atoms with Crippen LogP contribution in [0.15, 0.2) is 48.5 Å². The Morgan fingerprint density at radius 1 is 1.05 bits per heavy atom. The van der Waals surface area contributed by atoms with Crippen molar-refractivity contribution in [3.8, 4) is 11.5 Å². The molecule has 0 unspecified atom stereocenters. The Bertz CT molecular complexity index is 614. The lowest BCUT2D eigenvalue weighted by atomic mass is 10.3. The van der Waals surface area contributed by atoms with Gasteiger partial charge in [-0.2, -0.15) is 0 Å². The van der Waals surface area contributed by atoms with Gasteiger partial charge in [0.05, 0.1) is 13.2 Å². The minimum absolute atomic E-state index is 0.121. The van der Waals surface area contributed by atoms with Crippen molar-refractivity contribution in [1.29, 1.82) is 0 Å². The van der Waals surface area contributed by atoms with Gasteiger partial charge in [0.2, 0.25) is 5.91 Å². The summed E-state index contributed by atoms with van der Waals surface area (Å²) in [5.41, 5.74) is 0.701. The number of benzene rings is 2. The van der Waals surface area contributed by atoms with Gasteiger partial charge in [0.15, 0.2) is 0 Å². The molecule has 0 aliphatic carbocycles. The maximum atomic E-state index is 12.7. The smallest absolute Gasteiger partial charge is 0.221 e. The summed E-state index contributed by atoms with van der Waals surface area (Å²) in [5.74, 6) is 0.918. The van der Waals surface area contributed by atoms with Crippen LogP contribution in [0.1, 0.15) is 13.3 Å². The molecule has 0 saturated heterocycles. The minimum Gasteiger partial charge on any atom is -0.493 e. The number of rotatable bonds is 7. The average Bonchev–Trinajstić information content (AvgIpc) is 2.48. The Labute approximate surface area is 128 Å². The van der Waals surface area contributed by atoms with Gasteiger partial charge in [0, 0.05) is 25.1 Å². The summed E-state index contributed by atoms with van der Waals surface area (Å²) in [4.78, 5) is 11.0. The molecule has 0 aliphatic rings. The van der Waals surface area contributed by atoms with Crippen LogP contribution in [0.3, 0.4) is 0 Å². The predicted molar refractivity (Wildman–Crippen MR) is 82.8 cm³/mol. The Morgan fingerprint density at radius 3 is 2.41 bits per heavy atom. The largest absolute Gasteiger partial charge is 0.493 e. The topological polar surface area (TPSA) is 47.6 Å². The lowest BCUT2D eigenvalue weighted by molar-refractivity contribution is -0.114. The zero-order valence-electron chi connectivity index (χ0n) is 12.3. The normalized spacial score (nSPS) is 10.1. The van der Waals surface area contributed by atoms with Gasteiger partial charge in [0.25, 0.3) is 0 Å². The van der Waals surface area contributed by atoms with Crippen LogP contribution in [-0.4, -0.2) is 19.1 Å². The molecule has 0 fully saturated rings. The zero-order chi connectivity index (χ0) is 15.8. The summed E-state index contributed by atoms with van der Waals surface area (Å²) in [6.45, 7) is 2.43. The van der Waals surface area contributed by atoms with Crippen LogP contribution in [0.25, 0.3) is 0 Å². The molecule has 0 atom stereocenters. The molecular formula is C17H18FNO3. The quantitative estimate of drug-likeness (QED) is 0.795. The van der Waals surface area contributed by atoms with Gasteiger partial charge in [-0.25, -0.2) is 4.39 Å². The molecule has 116 valence electrons. The molecule has 1 amide bonds. The van der Waals surface area contributed by atoms with Crippen LogP contribution in [0.2, 0.25) is 0 Å². The van der Waals surface area contributed by atoms with Crippen molar-refractivity contribution < 1.29 is 18.7 Å². The van der Waals surface area contributed by atoms with E-state index in [4.69, 9.17) is 9.47 Å². The summed E-state index contributed by atoms with van der Waals surface area (Å²) < 4.78 is 23.8. The highest BCUT2D eigenvalue weighted by Crippen LogP contribution is 2.17. The molecule has 5 heteroatoms. The van der Waals surface area contributed by atoms with Gasteiger partial charge in [-0.05, 0) is 36.4 Å². The SMILES string of the molecule is CC(=O)Nc1cccc(OCCCOc2ccc(F)cc2)c1. The molecule has 0 heterocycles. The number of carbonyl (C=O) groups is 1. The molecule has 2 aromatic rings. The van der Waals surface area contributed by atoms with E-state index in [2.05, 4.69) is 5.32 Å². The molecule has 0 aliphatic heterocycles. The number of hydrogen-bond donors (Lipinski definition) is 1. The molecule has 1 N–H and O–H groups in total. The van der Waals surface area contributed by atoms with Crippen LogP contribution in [-0.2, 0) is 4.79 Å². The average molecular weight is 303 g/mol. The second-order valence-corrected chi connectivity index (χ2v) is 4.71. The van der Waals surface area contributed by atoms with E-state index in [9.17, 15) is 9.18 Å². The third-order valence-corrected chi connectivity index (χ3v) is 2.79. The van der Waals surface area contributed by atoms with Crippen molar-refractivity contribution >= 4 is 11.6 Å². The second kappa shape index (κ2) is 8.02. The Kier molecular flexibility index (Phi) is 5.77. The van der Waals surface area contributed by atoms with Crippen LogP contribution in [0, 0.1) is 5.82 Å². The van der Waals surface area contributed by atoms with E-state index in [0.717, 1.165) is 0 Å². The van der Waals surface area contributed by atoms with Gasteiger partial charge in [-0.15, -0.1) is 0 Å². The maximum absolute atomic E-state index is 12.7. The van der Waals surface area contributed by atoms with Crippen molar-refractivity contribution in [3.63, 3.8) is 0 Å². The molecule has 2 aromatic carbocycles. The summed E-state index contributed by atoms with van der Waals surface area (Å²) in [7, 11) is 0. The third kappa shape index (κ3) is 5.44. The highest BCUT2D eigenvalue weighted by Gasteiger charge is 1.99. The van der Waals surface area contributed by atoms with Gasteiger partial charge < -0.3 is 14.8 Å². The van der Waals surface area contributed by atoms with E-state index < -0.39 is 0 Å². The lowest BCUT2D eigenvalue weighted by Crippen LogP contribution is -2.07. The standard InChI is InChI=1S/C17H18FNO3/c1-13(20)19-15-4-2-5-17(12-15)22-11-3-10-21-16-8-6-14(18)7-9-16/h2,4-9,12H,3,10-11H2,1H3,(H,19,20). The number of halogens is 1. The lowest BCUT2D eigenvalue weighted by Gasteiger charge is -2.09. The Hall–Kier alpha value is -2.56. The van der Waals surface area contributed by atoms with Crippen LogP contribution < -0.4 is 14.8 Å². The van der Waals surface area contributed by atoms with Crippen molar-refractivity contribution in [3.05, 3.63) is 54.3 Å². The minimum atomic E-state index is -0.283. The molecular weight excluding hydrogens is 285 g/mol. The fourth-order valence-corrected chi connectivity index (χ4v) is 1.84.